The van der Waals surface area contributed by atoms with Crippen LogP contribution in [0.3, 0.4) is 0 Å². The molecule has 0 bridgehead atoms. The van der Waals surface area contributed by atoms with Crippen LogP contribution in [0.25, 0.3) is 11.0 Å². The van der Waals surface area contributed by atoms with Crippen molar-refractivity contribution in [3.05, 3.63) is 64.0 Å². The highest BCUT2D eigenvalue weighted by molar-refractivity contribution is 5.92. The molecule has 0 saturated carbocycles. The molecule has 7 heteroatoms. The number of nitrogens with zero attached hydrogens (tertiary/aromatic N) is 1. The van der Waals surface area contributed by atoms with Crippen LogP contribution >= 0.6 is 0 Å². The molecule has 1 aliphatic heterocycles. The van der Waals surface area contributed by atoms with E-state index in [4.69, 9.17) is 13.9 Å². The standard InChI is InChI=1S/C24H26N2O5/c1-3-16-5-7-19-17(12-24(28)31-21(19)11-16)14-26(4-2)15-23(27)25-18-6-8-20-22(13-18)30-10-9-29-20/h5-8,11-13H,3-4,9-10,14-15H2,1-2H3,(H,25,27). The second-order valence-electron chi connectivity index (χ2n) is 7.48. The number of rotatable bonds is 7. The molecule has 0 saturated heterocycles. The molecule has 2 heterocycles. The van der Waals surface area contributed by atoms with Crippen molar-refractivity contribution in [2.45, 2.75) is 26.8 Å². The Bertz CT molecular complexity index is 1150. The number of amides is 1. The molecule has 31 heavy (non-hydrogen) atoms. The topological polar surface area (TPSA) is 81.0 Å². The summed E-state index contributed by atoms with van der Waals surface area (Å²) in [4.78, 5) is 26.7. The summed E-state index contributed by atoms with van der Waals surface area (Å²) in [6.07, 6.45) is 0.866. The molecule has 162 valence electrons. The van der Waals surface area contributed by atoms with E-state index in [1.165, 1.54) is 6.07 Å². The van der Waals surface area contributed by atoms with Gasteiger partial charge >= 0.3 is 5.63 Å². The van der Waals surface area contributed by atoms with Gasteiger partial charge in [-0.2, -0.15) is 0 Å². The summed E-state index contributed by atoms with van der Waals surface area (Å²) < 4.78 is 16.5. The smallest absolute Gasteiger partial charge is 0.336 e. The zero-order valence-corrected chi connectivity index (χ0v) is 17.8. The van der Waals surface area contributed by atoms with Crippen LogP contribution in [-0.2, 0) is 17.8 Å². The summed E-state index contributed by atoms with van der Waals surface area (Å²) in [7, 11) is 0. The summed E-state index contributed by atoms with van der Waals surface area (Å²) in [5.41, 5.74) is 2.82. The summed E-state index contributed by atoms with van der Waals surface area (Å²) in [5, 5.41) is 3.80. The van der Waals surface area contributed by atoms with E-state index in [9.17, 15) is 9.59 Å². The highest BCUT2D eigenvalue weighted by Gasteiger charge is 2.16. The third-order valence-corrected chi connectivity index (χ3v) is 5.34. The van der Waals surface area contributed by atoms with Gasteiger partial charge in [-0.25, -0.2) is 4.79 Å². The van der Waals surface area contributed by atoms with Crippen molar-refractivity contribution in [3.8, 4) is 11.5 Å². The van der Waals surface area contributed by atoms with Crippen molar-refractivity contribution in [2.24, 2.45) is 0 Å². The van der Waals surface area contributed by atoms with Crippen molar-refractivity contribution in [1.29, 1.82) is 0 Å². The van der Waals surface area contributed by atoms with Gasteiger partial charge in [0.1, 0.15) is 18.8 Å². The third-order valence-electron chi connectivity index (χ3n) is 5.34. The summed E-state index contributed by atoms with van der Waals surface area (Å²) in [6, 6.07) is 12.8. The van der Waals surface area contributed by atoms with Crippen LogP contribution in [0.1, 0.15) is 25.0 Å². The number of ether oxygens (including phenoxy) is 2. The highest BCUT2D eigenvalue weighted by atomic mass is 16.6. The fraction of sp³-hybridized carbons (Fsp3) is 0.333. The van der Waals surface area contributed by atoms with Gasteiger partial charge in [-0.1, -0.05) is 26.0 Å². The molecule has 3 aromatic rings. The maximum absolute atomic E-state index is 12.6. The molecule has 7 nitrogen and oxygen atoms in total. The quantitative estimate of drug-likeness (QED) is 0.586. The molecular weight excluding hydrogens is 396 g/mol. The minimum absolute atomic E-state index is 0.140. The number of aryl methyl sites for hydroxylation is 1. The Morgan fingerprint density at radius 3 is 2.61 bits per heavy atom. The molecule has 0 radical (unpaired) electrons. The maximum Gasteiger partial charge on any atom is 0.336 e. The molecule has 4 rings (SSSR count). The van der Waals surface area contributed by atoms with Crippen molar-refractivity contribution in [3.63, 3.8) is 0 Å². The second-order valence-corrected chi connectivity index (χ2v) is 7.48. The van der Waals surface area contributed by atoms with Gasteiger partial charge in [0.05, 0.1) is 6.54 Å². The molecule has 0 atom stereocenters. The minimum Gasteiger partial charge on any atom is -0.486 e. The van der Waals surface area contributed by atoms with Gasteiger partial charge in [-0.3, -0.25) is 9.69 Å². The van der Waals surface area contributed by atoms with Crippen LogP contribution in [0.4, 0.5) is 5.69 Å². The fourth-order valence-electron chi connectivity index (χ4n) is 3.67. The molecule has 1 aliphatic rings. The van der Waals surface area contributed by atoms with Gasteiger partial charge in [0.15, 0.2) is 11.5 Å². The average Bonchev–Trinajstić information content (AvgIpc) is 2.77. The van der Waals surface area contributed by atoms with E-state index in [1.807, 2.05) is 30.0 Å². The van der Waals surface area contributed by atoms with Gasteiger partial charge in [-0.15, -0.1) is 0 Å². The van der Waals surface area contributed by atoms with Gasteiger partial charge < -0.3 is 19.2 Å². The average molecular weight is 422 g/mol. The summed E-state index contributed by atoms with van der Waals surface area (Å²) in [5.74, 6) is 1.17. The van der Waals surface area contributed by atoms with Crippen LogP contribution < -0.4 is 20.4 Å². The van der Waals surface area contributed by atoms with Crippen molar-refractivity contribution < 1.29 is 18.7 Å². The fourth-order valence-corrected chi connectivity index (χ4v) is 3.67. The van der Waals surface area contributed by atoms with Crippen molar-refractivity contribution in [2.75, 3.05) is 31.6 Å². The Balaban J connectivity index is 1.47. The Morgan fingerprint density at radius 1 is 1.03 bits per heavy atom. The van der Waals surface area contributed by atoms with Gasteiger partial charge in [-0.05, 0) is 42.3 Å². The van der Waals surface area contributed by atoms with Crippen LogP contribution in [0.15, 0.2) is 51.7 Å². The van der Waals surface area contributed by atoms with Crippen LogP contribution in [-0.4, -0.2) is 37.1 Å². The zero-order chi connectivity index (χ0) is 21.8. The lowest BCUT2D eigenvalue weighted by molar-refractivity contribution is -0.117. The summed E-state index contributed by atoms with van der Waals surface area (Å²) >= 11 is 0. The predicted molar refractivity (Wildman–Crippen MR) is 119 cm³/mol. The van der Waals surface area contributed by atoms with E-state index in [2.05, 4.69) is 12.2 Å². The molecule has 0 spiro atoms. The van der Waals surface area contributed by atoms with Gasteiger partial charge in [0, 0.05) is 29.8 Å². The number of carbonyl (C=O) groups excluding carboxylic acids is 1. The molecule has 1 N–H and O–H groups in total. The van der Waals surface area contributed by atoms with Gasteiger partial charge in [0.2, 0.25) is 5.91 Å². The lowest BCUT2D eigenvalue weighted by atomic mass is 10.1. The molecule has 1 aromatic heterocycles. The van der Waals surface area contributed by atoms with E-state index < -0.39 is 0 Å². The number of fused-ring (bicyclic) bond motifs is 2. The summed E-state index contributed by atoms with van der Waals surface area (Å²) in [6.45, 7) is 6.38. The number of likely N-dealkylation sites (N-methyl/N-ethyl adjacent to an activating group) is 1. The molecule has 1 amide bonds. The van der Waals surface area contributed by atoms with Crippen LogP contribution in [0.2, 0.25) is 0 Å². The molecular formula is C24H26N2O5. The first-order chi connectivity index (χ1) is 15.1. The Labute approximate surface area is 180 Å². The normalized spacial score (nSPS) is 12.9. The van der Waals surface area contributed by atoms with E-state index >= 15 is 0 Å². The zero-order valence-electron chi connectivity index (χ0n) is 17.8. The van der Waals surface area contributed by atoms with E-state index in [0.29, 0.717) is 49.1 Å². The van der Waals surface area contributed by atoms with Crippen LogP contribution in [0, 0.1) is 0 Å². The highest BCUT2D eigenvalue weighted by Crippen LogP contribution is 2.32. The monoisotopic (exact) mass is 422 g/mol. The number of carbonyl (C=O) groups is 1. The first-order valence-corrected chi connectivity index (χ1v) is 10.5. The molecule has 0 aliphatic carbocycles. The SMILES string of the molecule is CCc1ccc2c(CN(CC)CC(=O)Nc3ccc4c(c3)OCCO4)cc(=O)oc2c1. The van der Waals surface area contributed by atoms with E-state index in [1.54, 1.807) is 18.2 Å². The second kappa shape index (κ2) is 9.22. The number of hydrogen-bond donors (Lipinski definition) is 1. The van der Waals surface area contributed by atoms with Crippen molar-refractivity contribution in [1.82, 2.24) is 4.90 Å². The number of anilines is 1. The largest absolute Gasteiger partial charge is 0.486 e. The van der Waals surface area contributed by atoms with E-state index in [-0.39, 0.29) is 18.1 Å². The Morgan fingerprint density at radius 2 is 1.84 bits per heavy atom. The molecule has 2 aromatic carbocycles. The molecule has 0 fully saturated rings. The third kappa shape index (κ3) is 4.88. The first-order valence-electron chi connectivity index (χ1n) is 10.5. The number of nitrogens with one attached hydrogen (secondary N) is 1. The maximum atomic E-state index is 12.6. The lowest BCUT2D eigenvalue weighted by Gasteiger charge is -2.21. The predicted octanol–water partition coefficient (Wildman–Crippen LogP) is 3.59. The van der Waals surface area contributed by atoms with Crippen LogP contribution in [0.5, 0.6) is 11.5 Å². The first kappa shape index (κ1) is 20.9. The molecule has 0 unspecified atom stereocenters. The van der Waals surface area contributed by atoms with E-state index in [0.717, 1.165) is 22.9 Å². The van der Waals surface area contributed by atoms with Crippen molar-refractivity contribution >= 4 is 22.6 Å². The Kier molecular flexibility index (Phi) is 6.23. The van der Waals surface area contributed by atoms with Gasteiger partial charge in [0.25, 0.3) is 0 Å². The number of benzene rings is 2. The number of hydrogen-bond acceptors (Lipinski definition) is 6. The lowest BCUT2D eigenvalue weighted by Crippen LogP contribution is -2.33. The Hall–Kier alpha value is -3.32. The minimum atomic E-state index is -0.382.